The minimum atomic E-state index is 0.602. The van der Waals surface area contributed by atoms with Gasteiger partial charge in [-0.05, 0) is 42.7 Å². The van der Waals surface area contributed by atoms with Gasteiger partial charge in [0.2, 0.25) is 0 Å². The summed E-state index contributed by atoms with van der Waals surface area (Å²) < 4.78 is 5.30. The Hall–Kier alpha value is -0.820. The van der Waals surface area contributed by atoms with E-state index in [0.717, 1.165) is 12.5 Å². The van der Waals surface area contributed by atoms with E-state index in [4.69, 9.17) is 4.74 Å². The summed E-state index contributed by atoms with van der Waals surface area (Å²) in [5.74, 6) is 0.873. The van der Waals surface area contributed by atoms with E-state index in [-0.39, 0.29) is 0 Å². The van der Waals surface area contributed by atoms with Gasteiger partial charge in [-0.25, -0.2) is 0 Å². The van der Waals surface area contributed by atoms with Crippen molar-refractivity contribution >= 4 is 0 Å². The SMILES string of the molecule is c1ccc2c(c1)CCC(CC1CO1)C2. The maximum absolute atomic E-state index is 5.30. The van der Waals surface area contributed by atoms with Crippen molar-refractivity contribution in [2.45, 2.75) is 31.8 Å². The fourth-order valence-electron chi connectivity index (χ4n) is 2.55. The second-order valence-electron chi connectivity index (χ2n) is 4.57. The van der Waals surface area contributed by atoms with Gasteiger partial charge in [0.05, 0.1) is 12.7 Å². The van der Waals surface area contributed by atoms with Gasteiger partial charge in [-0.3, -0.25) is 0 Å². The van der Waals surface area contributed by atoms with Gasteiger partial charge in [0, 0.05) is 0 Å². The first-order valence-electron chi connectivity index (χ1n) is 5.60. The molecular weight excluding hydrogens is 172 g/mol. The Bertz CT molecular complexity index is 328. The molecule has 3 rings (SSSR count). The number of epoxide rings is 1. The zero-order valence-electron chi connectivity index (χ0n) is 8.41. The maximum Gasteiger partial charge on any atom is 0.0812 e. The molecule has 1 aliphatic heterocycles. The van der Waals surface area contributed by atoms with Gasteiger partial charge in [0.1, 0.15) is 0 Å². The molecule has 2 unspecified atom stereocenters. The van der Waals surface area contributed by atoms with Crippen molar-refractivity contribution in [1.29, 1.82) is 0 Å². The lowest BCUT2D eigenvalue weighted by atomic mass is 9.82. The number of hydrogen-bond donors (Lipinski definition) is 0. The second kappa shape index (κ2) is 3.39. The lowest BCUT2D eigenvalue weighted by molar-refractivity contribution is 0.333. The summed E-state index contributed by atoms with van der Waals surface area (Å²) in [6, 6.07) is 8.88. The van der Waals surface area contributed by atoms with Crippen molar-refractivity contribution in [2.75, 3.05) is 6.61 Å². The molecular formula is C13H16O. The number of benzene rings is 1. The fraction of sp³-hybridized carbons (Fsp3) is 0.538. The van der Waals surface area contributed by atoms with Crippen molar-refractivity contribution in [3.8, 4) is 0 Å². The monoisotopic (exact) mass is 188 g/mol. The molecule has 1 aromatic carbocycles. The van der Waals surface area contributed by atoms with Gasteiger partial charge in [-0.1, -0.05) is 24.3 Å². The summed E-state index contributed by atoms with van der Waals surface area (Å²) in [6.45, 7) is 1.01. The highest BCUT2D eigenvalue weighted by Gasteiger charge is 2.28. The van der Waals surface area contributed by atoms with Gasteiger partial charge in [0.15, 0.2) is 0 Å². The summed E-state index contributed by atoms with van der Waals surface area (Å²) in [6.07, 6.45) is 5.79. The van der Waals surface area contributed by atoms with E-state index in [1.807, 2.05) is 0 Å². The number of fused-ring (bicyclic) bond motifs is 1. The maximum atomic E-state index is 5.30. The Morgan fingerprint density at radius 1 is 1.21 bits per heavy atom. The molecule has 0 saturated carbocycles. The Kier molecular flexibility index (Phi) is 2.06. The standard InChI is InChI=1S/C13H16O/c1-2-4-12-7-10(8-13-9-14-13)5-6-11(12)3-1/h1-4,10,13H,5-9H2. The minimum Gasteiger partial charge on any atom is -0.373 e. The van der Waals surface area contributed by atoms with Crippen molar-refractivity contribution in [1.82, 2.24) is 0 Å². The number of hydrogen-bond acceptors (Lipinski definition) is 1. The number of aryl methyl sites for hydroxylation is 1. The van der Waals surface area contributed by atoms with Crippen LogP contribution >= 0.6 is 0 Å². The van der Waals surface area contributed by atoms with Gasteiger partial charge >= 0.3 is 0 Å². The zero-order chi connectivity index (χ0) is 9.38. The molecule has 14 heavy (non-hydrogen) atoms. The Morgan fingerprint density at radius 3 is 2.79 bits per heavy atom. The van der Waals surface area contributed by atoms with Gasteiger partial charge in [0.25, 0.3) is 0 Å². The van der Waals surface area contributed by atoms with Crippen molar-refractivity contribution in [2.24, 2.45) is 5.92 Å². The second-order valence-corrected chi connectivity index (χ2v) is 4.57. The molecule has 0 amide bonds. The normalized spacial score (nSPS) is 29.7. The van der Waals surface area contributed by atoms with Gasteiger partial charge < -0.3 is 4.74 Å². The van der Waals surface area contributed by atoms with Crippen LogP contribution in [0.5, 0.6) is 0 Å². The van der Waals surface area contributed by atoms with E-state index in [0.29, 0.717) is 6.10 Å². The third-order valence-electron chi connectivity index (χ3n) is 3.45. The van der Waals surface area contributed by atoms with E-state index >= 15 is 0 Å². The van der Waals surface area contributed by atoms with Crippen LogP contribution < -0.4 is 0 Å². The van der Waals surface area contributed by atoms with Crippen LogP contribution in [0.3, 0.4) is 0 Å². The largest absolute Gasteiger partial charge is 0.373 e. The summed E-state index contributed by atoms with van der Waals surface area (Å²) >= 11 is 0. The molecule has 1 aromatic rings. The van der Waals surface area contributed by atoms with Crippen LogP contribution in [0.25, 0.3) is 0 Å². The molecule has 2 atom stereocenters. The molecule has 1 aliphatic carbocycles. The highest BCUT2D eigenvalue weighted by atomic mass is 16.6. The fourth-order valence-corrected chi connectivity index (χ4v) is 2.55. The van der Waals surface area contributed by atoms with E-state index in [1.54, 1.807) is 11.1 Å². The summed E-state index contributed by atoms with van der Waals surface area (Å²) in [4.78, 5) is 0. The molecule has 1 nitrogen and oxygen atoms in total. The topological polar surface area (TPSA) is 12.5 Å². The first-order valence-corrected chi connectivity index (χ1v) is 5.60. The van der Waals surface area contributed by atoms with Crippen LogP contribution in [-0.2, 0) is 17.6 Å². The van der Waals surface area contributed by atoms with E-state index in [1.165, 1.54) is 25.7 Å². The van der Waals surface area contributed by atoms with E-state index in [9.17, 15) is 0 Å². The zero-order valence-corrected chi connectivity index (χ0v) is 8.41. The molecule has 1 saturated heterocycles. The van der Waals surface area contributed by atoms with Crippen molar-refractivity contribution in [3.05, 3.63) is 35.4 Å². The first kappa shape index (κ1) is 8.49. The molecule has 0 radical (unpaired) electrons. The smallest absolute Gasteiger partial charge is 0.0812 e. The highest BCUT2D eigenvalue weighted by Crippen LogP contribution is 2.31. The average molecular weight is 188 g/mol. The number of ether oxygens (including phenoxy) is 1. The predicted molar refractivity (Wildman–Crippen MR) is 56.3 cm³/mol. The molecule has 1 heterocycles. The average Bonchev–Trinajstić information content (AvgIpc) is 3.02. The van der Waals surface area contributed by atoms with Crippen LogP contribution in [-0.4, -0.2) is 12.7 Å². The van der Waals surface area contributed by atoms with Crippen LogP contribution in [0, 0.1) is 5.92 Å². The minimum absolute atomic E-state index is 0.602. The van der Waals surface area contributed by atoms with E-state index < -0.39 is 0 Å². The lowest BCUT2D eigenvalue weighted by Gasteiger charge is -2.23. The summed E-state index contributed by atoms with van der Waals surface area (Å²) in [5.41, 5.74) is 3.14. The molecule has 0 bridgehead atoms. The van der Waals surface area contributed by atoms with E-state index in [2.05, 4.69) is 24.3 Å². The Labute approximate surface area is 85.1 Å². The molecule has 1 heteroatoms. The van der Waals surface area contributed by atoms with Crippen molar-refractivity contribution < 1.29 is 4.74 Å². The van der Waals surface area contributed by atoms with Crippen LogP contribution in [0.2, 0.25) is 0 Å². The summed E-state index contributed by atoms with van der Waals surface area (Å²) in [7, 11) is 0. The van der Waals surface area contributed by atoms with Gasteiger partial charge in [-0.2, -0.15) is 0 Å². The molecule has 2 aliphatic rings. The Morgan fingerprint density at radius 2 is 2.00 bits per heavy atom. The van der Waals surface area contributed by atoms with Gasteiger partial charge in [-0.15, -0.1) is 0 Å². The highest BCUT2D eigenvalue weighted by molar-refractivity contribution is 5.29. The van der Waals surface area contributed by atoms with Crippen molar-refractivity contribution in [3.63, 3.8) is 0 Å². The number of rotatable bonds is 2. The third-order valence-corrected chi connectivity index (χ3v) is 3.45. The quantitative estimate of drug-likeness (QED) is 0.650. The summed E-state index contributed by atoms with van der Waals surface area (Å²) in [5, 5.41) is 0. The Balaban J connectivity index is 1.72. The predicted octanol–water partition coefficient (Wildman–Crippen LogP) is 2.58. The first-order chi connectivity index (χ1) is 6.92. The van der Waals surface area contributed by atoms with Crippen LogP contribution in [0.4, 0.5) is 0 Å². The lowest BCUT2D eigenvalue weighted by Crippen LogP contribution is -2.15. The molecule has 1 fully saturated rings. The molecule has 0 N–H and O–H groups in total. The van der Waals surface area contributed by atoms with Crippen LogP contribution in [0.1, 0.15) is 24.0 Å². The van der Waals surface area contributed by atoms with Crippen LogP contribution in [0.15, 0.2) is 24.3 Å². The third kappa shape index (κ3) is 1.69. The molecule has 0 spiro atoms. The molecule has 0 aromatic heterocycles. The molecule has 74 valence electrons.